The maximum atomic E-state index is 11.8. The summed E-state index contributed by atoms with van der Waals surface area (Å²) in [6.45, 7) is 8.44. The molecule has 2 N–H and O–H groups in total. The minimum absolute atomic E-state index is 0.0724. The van der Waals surface area contributed by atoms with Crippen LogP contribution in [0.25, 0.3) is 0 Å². The summed E-state index contributed by atoms with van der Waals surface area (Å²) in [5, 5.41) is 14.5. The lowest BCUT2D eigenvalue weighted by Crippen LogP contribution is -2.34. The summed E-state index contributed by atoms with van der Waals surface area (Å²) in [4.78, 5) is 12.5. The lowest BCUT2D eigenvalue weighted by molar-refractivity contribution is 0.0871. The molecular formula is C13H21NO2S. The largest absolute Gasteiger partial charge is 0.391 e. The van der Waals surface area contributed by atoms with Gasteiger partial charge in [-0.05, 0) is 35.8 Å². The molecular weight excluding hydrogens is 234 g/mol. The van der Waals surface area contributed by atoms with Crippen molar-refractivity contribution in [3.8, 4) is 0 Å². The first-order chi connectivity index (χ1) is 7.79. The summed E-state index contributed by atoms with van der Waals surface area (Å²) >= 11 is 1.43. The van der Waals surface area contributed by atoms with E-state index in [-0.39, 0.29) is 11.3 Å². The van der Waals surface area contributed by atoms with Crippen molar-refractivity contribution in [2.75, 3.05) is 6.54 Å². The van der Waals surface area contributed by atoms with Crippen molar-refractivity contribution in [1.82, 2.24) is 5.32 Å². The van der Waals surface area contributed by atoms with Gasteiger partial charge in [-0.25, -0.2) is 0 Å². The van der Waals surface area contributed by atoms with Crippen LogP contribution >= 0.6 is 11.3 Å². The zero-order valence-electron chi connectivity index (χ0n) is 10.9. The van der Waals surface area contributed by atoms with Gasteiger partial charge >= 0.3 is 0 Å². The van der Waals surface area contributed by atoms with Gasteiger partial charge in [0.25, 0.3) is 5.91 Å². The van der Waals surface area contributed by atoms with Crippen molar-refractivity contribution in [2.45, 2.75) is 40.2 Å². The molecule has 1 unspecified atom stereocenters. The first-order valence-corrected chi connectivity index (χ1v) is 6.68. The molecule has 0 aliphatic heterocycles. The molecule has 0 radical (unpaired) electrons. The third-order valence-corrected chi connectivity index (χ3v) is 3.43. The summed E-state index contributed by atoms with van der Waals surface area (Å²) in [5.41, 5.74) is 1.06. The number of rotatable bonds is 4. The fourth-order valence-corrected chi connectivity index (χ4v) is 2.52. The Morgan fingerprint density at radius 3 is 2.65 bits per heavy atom. The topological polar surface area (TPSA) is 49.3 Å². The minimum Gasteiger partial charge on any atom is -0.391 e. The van der Waals surface area contributed by atoms with E-state index >= 15 is 0 Å². The van der Waals surface area contributed by atoms with Gasteiger partial charge in [0.15, 0.2) is 0 Å². The number of carbonyl (C=O) groups excluding carboxylic acids is 1. The molecule has 96 valence electrons. The van der Waals surface area contributed by atoms with Gasteiger partial charge in [0.2, 0.25) is 0 Å². The Hall–Kier alpha value is -0.870. The fraction of sp³-hybridized carbons (Fsp3) is 0.615. The standard InChI is InChI=1S/C13H21NO2S/c1-9-5-6-17-11(9)12(16)14-8-10(15)7-13(2,3)4/h5-6,10,15H,7-8H2,1-4H3,(H,14,16). The lowest BCUT2D eigenvalue weighted by Gasteiger charge is -2.22. The van der Waals surface area contributed by atoms with Crippen LogP contribution in [0.3, 0.4) is 0 Å². The van der Waals surface area contributed by atoms with Crippen molar-refractivity contribution in [1.29, 1.82) is 0 Å². The van der Waals surface area contributed by atoms with Crippen LogP contribution in [-0.4, -0.2) is 23.7 Å². The quantitative estimate of drug-likeness (QED) is 0.868. The van der Waals surface area contributed by atoms with Crippen molar-refractivity contribution in [3.63, 3.8) is 0 Å². The third-order valence-electron chi connectivity index (χ3n) is 2.41. The highest BCUT2D eigenvalue weighted by molar-refractivity contribution is 7.12. The minimum atomic E-state index is -0.487. The fourth-order valence-electron chi connectivity index (χ4n) is 1.68. The second-order valence-electron chi connectivity index (χ2n) is 5.56. The highest BCUT2D eigenvalue weighted by Crippen LogP contribution is 2.20. The van der Waals surface area contributed by atoms with E-state index < -0.39 is 6.10 Å². The normalized spacial score (nSPS) is 13.5. The molecule has 0 aliphatic rings. The van der Waals surface area contributed by atoms with Crippen LogP contribution in [0.1, 0.15) is 42.4 Å². The summed E-state index contributed by atoms with van der Waals surface area (Å²) in [7, 11) is 0. The molecule has 0 spiro atoms. The molecule has 1 aromatic rings. The molecule has 1 aromatic heterocycles. The SMILES string of the molecule is Cc1ccsc1C(=O)NCC(O)CC(C)(C)C. The number of carbonyl (C=O) groups is 1. The number of thiophene rings is 1. The Morgan fingerprint density at radius 2 is 2.18 bits per heavy atom. The second kappa shape index (κ2) is 5.65. The van der Waals surface area contributed by atoms with Crippen LogP contribution in [0.15, 0.2) is 11.4 Å². The Labute approximate surface area is 107 Å². The van der Waals surface area contributed by atoms with Gasteiger partial charge in [0.05, 0.1) is 11.0 Å². The molecule has 1 rings (SSSR count). The van der Waals surface area contributed by atoms with Crippen molar-refractivity contribution >= 4 is 17.2 Å². The molecule has 3 nitrogen and oxygen atoms in total. The van der Waals surface area contributed by atoms with Gasteiger partial charge in [-0.2, -0.15) is 0 Å². The summed E-state index contributed by atoms with van der Waals surface area (Å²) in [6.07, 6.45) is 0.190. The molecule has 17 heavy (non-hydrogen) atoms. The van der Waals surface area contributed by atoms with Gasteiger partial charge in [-0.3, -0.25) is 4.79 Å². The predicted molar refractivity (Wildman–Crippen MR) is 71.5 cm³/mol. The van der Waals surface area contributed by atoms with Gasteiger partial charge < -0.3 is 10.4 Å². The zero-order chi connectivity index (χ0) is 13.1. The van der Waals surface area contributed by atoms with Crippen molar-refractivity contribution in [3.05, 3.63) is 21.9 Å². The summed E-state index contributed by atoms with van der Waals surface area (Å²) in [5.74, 6) is -0.0922. The van der Waals surface area contributed by atoms with Gasteiger partial charge in [-0.1, -0.05) is 20.8 Å². The smallest absolute Gasteiger partial charge is 0.261 e. The maximum Gasteiger partial charge on any atom is 0.261 e. The number of amides is 1. The maximum absolute atomic E-state index is 11.8. The van der Waals surface area contributed by atoms with Crippen LogP contribution in [0.5, 0.6) is 0 Å². The molecule has 1 heterocycles. The molecule has 0 bridgehead atoms. The van der Waals surface area contributed by atoms with E-state index in [1.807, 2.05) is 18.4 Å². The summed E-state index contributed by atoms with van der Waals surface area (Å²) in [6, 6.07) is 1.92. The van der Waals surface area contributed by atoms with E-state index in [9.17, 15) is 9.90 Å². The zero-order valence-corrected chi connectivity index (χ0v) is 11.7. The number of aryl methyl sites for hydroxylation is 1. The second-order valence-corrected chi connectivity index (χ2v) is 6.48. The molecule has 4 heteroatoms. The Balaban J connectivity index is 2.42. The molecule has 0 aliphatic carbocycles. The molecule has 1 atom stereocenters. The van der Waals surface area contributed by atoms with Crippen LogP contribution in [0.4, 0.5) is 0 Å². The summed E-state index contributed by atoms with van der Waals surface area (Å²) < 4.78 is 0. The molecule has 1 amide bonds. The highest BCUT2D eigenvalue weighted by atomic mass is 32.1. The molecule has 0 saturated carbocycles. The number of nitrogens with one attached hydrogen (secondary N) is 1. The van der Waals surface area contributed by atoms with E-state index in [1.165, 1.54) is 11.3 Å². The highest BCUT2D eigenvalue weighted by Gasteiger charge is 2.18. The van der Waals surface area contributed by atoms with Crippen LogP contribution in [-0.2, 0) is 0 Å². The van der Waals surface area contributed by atoms with Gasteiger partial charge in [0, 0.05) is 6.54 Å². The Morgan fingerprint density at radius 1 is 1.53 bits per heavy atom. The number of aliphatic hydroxyl groups excluding tert-OH is 1. The van der Waals surface area contributed by atoms with Crippen LogP contribution in [0, 0.1) is 12.3 Å². The molecule has 0 saturated heterocycles. The Bertz CT molecular complexity index is 379. The first kappa shape index (κ1) is 14.2. The average molecular weight is 255 g/mol. The monoisotopic (exact) mass is 255 g/mol. The van der Waals surface area contributed by atoms with Gasteiger partial charge in [-0.15, -0.1) is 11.3 Å². The van der Waals surface area contributed by atoms with Crippen LogP contribution < -0.4 is 5.32 Å². The van der Waals surface area contributed by atoms with Crippen LogP contribution in [0.2, 0.25) is 0 Å². The van der Waals surface area contributed by atoms with E-state index in [2.05, 4.69) is 26.1 Å². The first-order valence-electron chi connectivity index (χ1n) is 5.80. The van der Waals surface area contributed by atoms with Crippen molar-refractivity contribution in [2.24, 2.45) is 5.41 Å². The van der Waals surface area contributed by atoms with E-state index in [4.69, 9.17) is 0 Å². The average Bonchev–Trinajstić information content (AvgIpc) is 2.58. The van der Waals surface area contributed by atoms with E-state index in [0.29, 0.717) is 13.0 Å². The number of hydrogen-bond acceptors (Lipinski definition) is 3. The predicted octanol–water partition coefficient (Wildman–Crippen LogP) is 2.58. The third kappa shape index (κ3) is 4.88. The number of aliphatic hydroxyl groups is 1. The van der Waals surface area contributed by atoms with Crippen molar-refractivity contribution < 1.29 is 9.90 Å². The van der Waals surface area contributed by atoms with E-state index in [0.717, 1.165) is 10.4 Å². The van der Waals surface area contributed by atoms with E-state index in [1.54, 1.807) is 0 Å². The van der Waals surface area contributed by atoms with Gasteiger partial charge in [0.1, 0.15) is 0 Å². The lowest BCUT2D eigenvalue weighted by atomic mass is 9.89. The molecule has 0 fully saturated rings. The Kier molecular flexibility index (Phi) is 4.71. The molecule has 0 aromatic carbocycles. The number of hydrogen-bond donors (Lipinski definition) is 2.